The van der Waals surface area contributed by atoms with Gasteiger partial charge in [-0.1, -0.05) is 5.16 Å². The van der Waals surface area contributed by atoms with Gasteiger partial charge in [0.05, 0.1) is 20.3 Å². The molecule has 1 aromatic carbocycles. The van der Waals surface area contributed by atoms with E-state index in [1.807, 2.05) is 0 Å². The lowest BCUT2D eigenvalue weighted by atomic mass is 10.1. The summed E-state index contributed by atoms with van der Waals surface area (Å²) in [7, 11) is 1.53. The number of hydrogen-bond donors (Lipinski definition) is 4. The normalized spacial score (nSPS) is 29.8. The van der Waals surface area contributed by atoms with Crippen molar-refractivity contribution in [3.8, 4) is 5.75 Å². The molecule has 2 aliphatic rings. The standard InChI is InChI=1S/C18H21N3O8/c1-27-9-2-3-10-11(19-29-12(10)6-9)7-21-14(23)4-5-20(18(21)26)17-16(25)15(24)13(8-22)28-17/h2-6,13,15-18,22,24-26H,7-8H2,1H3/t13-,15+,16+,17-,18?/m1/s1. The number of ether oxygens (including phenoxy) is 2. The zero-order valence-corrected chi connectivity index (χ0v) is 15.5. The molecule has 11 heteroatoms. The van der Waals surface area contributed by atoms with E-state index in [9.17, 15) is 25.2 Å². The number of carbonyl (C=O) groups is 1. The van der Waals surface area contributed by atoms with E-state index in [0.717, 1.165) is 4.90 Å². The highest BCUT2D eigenvalue weighted by atomic mass is 16.6. The van der Waals surface area contributed by atoms with Gasteiger partial charge in [-0.15, -0.1) is 0 Å². The molecule has 0 aliphatic carbocycles. The van der Waals surface area contributed by atoms with E-state index in [1.54, 1.807) is 18.2 Å². The molecule has 4 rings (SSSR count). The van der Waals surface area contributed by atoms with Crippen LogP contribution in [0.4, 0.5) is 0 Å². The quantitative estimate of drug-likeness (QED) is 0.472. The molecule has 156 valence electrons. The average molecular weight is 407 g/mol. The van der Waals surface area contributed by atoms with Crippen LogP contribution >= 0.6 is 0 Å². The first-order valence-corrected chi connectivity index (χ1v) is 8.93. The molecule has 0 bridgehead atoms. The fourth-order valence-corrected chi connectivity index (χ4v) is 3.47. The molecule has 2 aromatic rings. The van der Waals surface area contributed by atoms with Crippen LogP contribution in [0.15, 0.2) is 35.0 Å². The van der Waals surface area contributed by atoms with E-state index in [2.05, 4.69) is 5.16 Å². The molecule has 5 atom stereocenters. The molecule has 1 unspecified atom stereocenters. The largest absolute Gasteiger partial charge is 0.497 e. The molecule has 3 heterocycles. The molecule has 0 saturated carbocycles. The number of rotatable bonds is 5. The molecule has 0 spiro atoms. The van der Waals surface area contributed by atoms with Gasteiger partial charge in [0.15, 0.2) is 11.8 Å². The molecule has 2 aliphatic heterocycles. The summed E-state index contributed by atoms with van der Waals surface area (Å²) in [5.41, 5.74) is 0.889. The van der Waals surface area contributed by atoms with Gasteiger partial charge in [-0.05, 0) is 12.1 Å². The van der Waals surface area contributed by atoms with Crippen molar-refractivity contribution >= 4 is 16.9 Å². The van der Waals surface area contributed by atoms with Crippen LogP contribution in [0.1, 0.15) is 5.69 Å². The number of methoxy groups -OCH3 is 1. The van der Waals surface area contributed by atoms with Crippen molar-refractivity contribution in [2.45, 2.75) is 37.4 Å². The van der Waals surface area contributed by atoms with Crippen LogP contribution in [0.25, 0.3) is 11.0 Å². The van der Waals surface area contributed by atoms with Crippen molar-refractivity contribution in [2.75, 3.05) is 13.7 Å². The number of fused-ring (bicyclic) bond motifs is 1. The summed E-state index contributed by atoms with van der Waals surface area (Å²) in [5.74, 6) is 0.109. The van der Waals surface area contributed by atoms with E-state index < -0.39 is 43.4 Å². The third kappa shape index (κ3) is 3.32. The summed E-state index contributed by atoms with van der Waals surface area (Å²) in [5, 5.41) is 44.8. The van der Waals surface area contributed by atoms with Crippen LogP contribution in [0.5, 0.6) is 5.75 Å². The van der Waals surface area contributed by atoms with Gasteiger partial charge in [0, 0.05) is 23.7 Å². The van der Waals surface area contributed by atoms with Gasteiger partial charge in [0.2, 0.25) is 6.35 Å². The Labute approximate surface area is 164 Å². The minimum absolute atomic E-state index is 0.0744. The van der Waals surface area contributed by atoms with Crippen molar-refractivity contribution in [2.24, 2.45) is 0 Å². The minimum Gasteiger partial charge on any atom is -0.497 e. The maximum atomic E-state index is 12.4. The molecule has 29 heavy (non-hydrogen) atoms. The maximum absolute atomic E-state index is 12.4. The van der Waals surface area contributed by atoms with Crippen LogP contribution < -0.4 is 4.74 Å². The Hall–Kier alpha value is -2.70. The van der Waals surface area contributed by atoms with Gasteiger partial charge in [-0.2, -0.15) is 0 Å². The maximum Gasteiger partial charge on any atom is 0.251 e. The van der Waals surface area contributed by atoms with Gasteiger partial charge < -0.3 is 39.3 Å². The first kappa shape index (κ1) is 19.6. The lowest BCUT2D eigenvalue weighted by molar-refractivity contribution is -0.192. The van der Waals surface area contributed by atoms with Crippen LogP contribution in [-0.2, 0) is 16.1 Å². The highest BCUT2D eigenvalue weighted by molar-refractivity contribution is 5.89. The molecule has 1 saturated heterocycles. The van der Waals surface area contributed by atoms with Crippen molar-refractivity contribution in [1.82, 2.24) is 15.0 Å². The van der Waals surface area contributed by atoms with E-state index >= 15 is 0 Å². The number of carbonyl (C=O) groups excluding carboxylic acids is 1. The fraction of sp³-hybridized carbons (Fsp3) is 0.444. The van der Waals surface area contributed by atoms with Gasteiger partial charge in [-0.3, -0.25) is 9.69 Å². The Morgan fingerprint density at radius 2 is 2.03 bits per heavy atom. The summed E-state index contributed by atoms with van der Waals surface area (Å²) >= 11 is 0. The highest BCUT2D eigenvalue weighted by Crippen LogP contribution is 2.30. The lowest BCUT2D eigenvalue weighted by Gasteiger charge is -2.41. The second-order valence-corrected chi connectivity index (χ2v) is 6.80. The average Bonchev–Trinajstić information content (AvgIpc) is 3.26. The summed E-state index contributed by atoms with van der Waals surface area (Å²) < 4.78 is 15.9. The predicted octanol–water partition coefficient (Wildman–Crippen LogP) is -1.29. The first-order chi connectivity index (χ1) is 13.9. The summed E-state index contributed by atoms with van der Waals surface area (Å²) in [6, 6.07) is 5.12. The second kappa shape index (κ2) is 7.61. The van der Waals surface area contributed by atoms with Crippen molar-refractivity contribution < 1.29 is 39.2 Å². The van der Waals surface area contributed by atoms with E-state index in [1.165, 1.54) is 24.3 Å². The second-order valence-electron chi connectivity index (χ2n) is 6.80. The smallest absolute Gasteiger partial charge is 0.251 e. The number of amides is 1. The molecule has 1 aromatic heterocycles. The molecule has 4 N–H and O–H groups in total. The summed E-state index contributed by atoms with van der Waals surface area (Å²) in [4.78, 5) is 14.7. The Morgan fingerprint density at radius 1 is 1.24 bits per heavy atom. The topological polar surface area (TPSA) is 149 Å². The monoisotopic (exact) mass is 407 g/mol. The summed E-state index contributed by atoms with van der Waals surface area (Å²) in [6.07, 6.45) is -3.89. The number of nitrogens with zero attached hydrogens (tertiary/aromatic N) is 3. The summed E-state index contributed by atoms with van der Waals surface area (Å²) in [6.45, 7) is -0.575. The Bertz CT molecular complexity index is 931. The van der Waals surface area contributed by atoms with E-state index in [4.69, 9.17) is 14.0 Å². The van der Waals surface area contributed by atoms with Crippen molar-refractivity contribution in [3.05, 3.63) is 36.2 Å². The minimum atomic E-state index is -1.50. The molecular weight excluding hydrogens is 386 g/mol. The van der Waals surface area contributed by atoms with Gasteiger partial charge in [0.25, 0.3) is 5.91 Å². The number of aromatic nitrogens is 1. The zero-order valence-electron chi connectivity index (χ0n) is 15.5. The molecule has 1 fully saturated rings. The first-order valence-electron chi connectivity index (χ1n) is 8.93. The van der Waals surface area contributed by atoms with Crippen LogP contribution in [-0.4, -0.2) is 85.9 Å². The Kier molecular flexibility index (Phi) is 5.15. The molecule has 0 radical (unpaired) electrons. The Morgan fingerprint density at radius 3 is 2.72 bits per heavy atom. The Balaban J connectivity index is 1.57. The van der Waals surface area contributed by atoms with Gasteiger partial charge >= 0.3 is 0 Å². The van der Waals surface area contributed by atoms with Crippen molar-refractivity contribution in [3.63, 3.8) is 0 Å². The van der Waals surface area contributed by atoms with E-state index in [0.29, 0.717) is 22.4 Å². The highest BCUT2D eigenvalue weighted by Gasteiger charge is 2.48. The number of hydrogen-bond acceptors (Lipinski definition) is 10. The van der Waals surface area contributed by atoms with Gasteiger partial charge in [-0.25, -0.2) is 0 Å². The number of aliphatic hydroxyl groups excluding tert-OH is 4. The van der Waals surface area contributed by atoms with Crippen molar-refractivity contribution in [1.29, 1.82) is 0 Å². The zero-order chi connectivity index (χ0) is 20.7. The lowest BCUT2D eigenvalue weighted by Crippen LogP contribution is -2.56. The molecule has 1 amide bonds. The third-order valence-corrected chi connectivity index (χ3v) is 5.10. The SMILES string of the molecule is COc1ccc2c(CN3C(=O)C=CN([C@@H]4O[C@H](CO)[C@H](O)[C@@H]4O)C3O)noc2c1. The predicted molar refractivity (Wildman–Crippen MR) is 95.9 cm³/mol. The fourth-order valence-electron chi connectivity index (χ4n) is 3.47. The van der Waals surface area contributed by atoms with Crippen LogP contribution in [0.3, 0.4) is 0 Å². The third-order valence-electron chi connectivity index (χ3n) is 5.10. The van der Waals surface area contributed by atoms with Gasteiger partial charge in [0.1, 0.15) is 29.8 Å². The van der Waals surface area contributed by atoms with Crippen LogP contribution in [0.2, 0.25) is 0 Å². The number of aliphatic hydroxyl groups is 4. The number of benzene rings is 1. The van der Waals surface area contributed by atoms with E-state index in [-0.39, 0.29) is 6.54 Å². The molecule has 11 nitrogen and oxygen atoms in total. The molecular formula is C18H21N3O8. The van der Waals surface area contributed by atoms with Crippen LogP contribution in [0, 0.1) is 0 Å².